The van der Waals surface area contributed by atoms with Gasteiger partial charge in [-0.05, 0) is 12.1 Å². The van der Waals surface area contributed by atoms with Gasteiger partial charge in [0.05, 0.1) is 23.4 Å². The Morgan fingerprint density at radius 3 is 2.81 bits per heavy atom. The number of nitrogens with one attached hydrogen (secondary N) is 1. The van der Waals surface area contributed by atoms with Crippen molar-refractivity contribution in [3.8, 4) is 5.75 Å². The summed E-state index contributed by atoms with van der Waals surface area (Å²) in [7, 11) is -1.95. The molecule has 0 unspecified atom stereocenters. The van der Waals surface area contributed by atoms with Gasteiger partial charge in [-0.3, -0.25) is 4.79 Å². The third kappa shape index (κ3) is 1.88. The Hall–Kier alpha value is -1.56. The Morgan fingerprint density at radius 2 is 2.12 bits per heavy atom. The molecule has 2 rings (SSSR count). The molecule has 0 saturated heterocycles. The Bertz CT molecular complexity index is 536. The normalized spacial score (nSPS) is 18.2. The molecule has 0 aromatic heterocycles. The second kappa shape index (κ2) is 3.79. The fraction of sp³-hybridized carbons (Fsp3) is 0.300. The molecule has 1 amide bonds. The Balaban J connectivity index is 2.62. The molecule has 1 N–H and O–H groups in total. The van der Waals surface area contributed by atoms with Crippen molar-refractivity contribution in [2.24, 2.45) is 0 Å². The van der Waals surface area contributed by atoms with Crippen LogP contribution in [0.2, 0.25) is 0 Å². The molecule has 86 valence electrons. The first-order valence-electron chi connectivity index (χ1n) is 4.73. The topological polar surface area (TPSA) is 72.5 Å². The van der Waals surface area contributed by atoms with Gasteiger partial charge in [-0.15, -0.1) is 0 Å². The number of ether oxygens (including phenoxy) is 1. The van der Waals surface area contributed by atoms with Gasteiger partial charge in [0.2, 0.25) is 5.91 Å². The maximum absolute atomic E-state index is 11.9. The molecule has 1 aliphatic heterocycles. The molecular weight excluding hydrogens is 230 g/mol. The van der Waals surface area contributed by atoms with Gasteiger partial charge in [0, 0.05) is 12.5 Å². The van der Waals surface area contributed by atoms with E-state index in [0.717, 1.165) is 0 Å². The van der Waals surface area contributed by atoms with Crippen LogP contribution in [0.25, 0.3) is 0 Å². The summed E-state index contributed by atoms with van der Waals surface area (Å²) < 4.78 is 28.7. The zero-order chi connectivity index (χ0) is 11.8. The molecule has 6 heteroatoms. The summed E-state index contributed by atoms with van der Waals surface area (Å²) in [5.74, 6) is 0.00453. The van der Waals surface area contributed by atoms with Crippen LogP contribution in [0.1, 0.15) is 6.42 Å². The molecule has 1 heterocycles. The molecule has 1 aliphatic rings. The fourth-order valence-corrected chi connectivity index (χ4v) is 2.96. The smallest absolute Gasteiger partial charge is 0.225 e. The maximum Gasteiger partial charge on any atom is 0.225 e. The highest BCUT2D eigenvalue weighted by atomic mass is 32.2. The average Bonchev–Trinajstić information content (AvgIpc) is 2.37. The van der Waals surface area contributed by atoms with Crippen LogP contribution in [0, 0.1) is 0 Å². The molecule has 1 aromatic rings. The van der Waals surface area contributed by atoms with Crippen molar-refractivity contribution in [3.05, 3.63) is 18.2 Å². The number of amides is 1. The van der Waals surface area contributed by atoms with Crippen LogP contribution in [0.15, 0.2) is 23.1 Å². The number of anilines is 1. The maximum atomic E-state index is 11.9. The van der Waals surface area contributed by atoms with Crippen LogP contribution in [0.5, 0.6) is 5.75 Å². The zero-order valence-corrected chi connectivity index (χ0v) is 9.50. The van der Waals surface area contributed by atoms with Crippen LogP contribution in [-0.4, -0.2) is 27.2 Å². The van der Waals surface area contributed by atoms with E-state index in [1.165, 1.54) is 19.2 Å². The highest BCUT2D eigenvalue weighted by Gasteiger charge is 2.25. The molecule has 0 aliphatic carbocycles. The van der Waals surface area contributed by atoms with Crippen LogP contribution >= 0.6 is 0 Å². The van der Waals surface area contributed by atoms with Crippen LogP contribution in [0.3, 0.4) is 0 Å². The Kier molecular flexibility index (Phi) is 2.59. The van der Waals surface area contributed by atoms with E-state index in [2.05, 4.69) is 5.32 Å². The van der Waals surface area contributed by atoms with Crippen LogP contribution in [-0.2, 0) is 14.6 Å². The largest absolute Gasteiger partial charge is 0.497 e. The second-order valence-corrected chi connectivity index (χ2v) is 5.56. The first-order valence-corrected chi connectivity index (χ1v) is 6.39. The number of hydrogen-bond acceptors (Lipinski definition) is 4. The van der Waals surface area contributed by atoms with E-state index in [1.807, 2.05) is 0 Å². The van der Waals surface area contributed by atoms with Gasteiger partial charge in [0.15, 0.2) is 9.84 Å². The lowest BCUT2D eigenvalue weighted by molar-refractivity contribution is -0.115. The molecule has 1 aromatic carbocycles. The summed E-state index contributed by atoms with van der Waals surface area (Å²) in [6.45, 7) is 0. The Labute approximate surface area is 93.3 Å². The first kappa shape index (κ1) is 10.9. The van der Waals surface area contributed by atoms with Gasteiger partial charge in [-0.25, -0.2) is 8.42 Å². The minimum Gasteiger partial charge on any atom is -0.497 e. The second-order valence-electron chi connectivity index (χ2n) is 3.48. The number of carbonyl (C=O) groups excluding carboxylic acids is 1. The molecule has 0 bridgehead atoms. The quantitative estimate of drug-likeness (QED) is 0.789. The minimum atomic E-state index is -3.41. The number of carbonyl (C=O) groups is 1. The third-order valence-corrected chi connectivity index (χ3v) is 4.15. The summed E-state index contributed by atoms with van der Waals surface area (Å²) in [6.07, 6.45) is -0.0146. The molecule has 16 heavy (non-hydrogen) atoms. The third-order valence-electron chi connectivity index (χ3n) is 2.40. The molecule has 0 atom stereocenters. The lowest BCUT2D eigenvalue weighted by atomic mass is 10.3. The molecule has 0 saturated carbocycles. The van der Waals surface area contributed by atoms with Crippen molar-refractivity contribution in [2.45, 2.75) is 11.3 Å². The summed E-state index contributed by atoms with van der Waals surface area (Å²) in [6, 6.07) is 4.57. The van der Waals surface area contributed by atoms with Crippen molar-refractivity contribution in [1.29, 1.82) is 0 Å². The summed E-state index contributed by atoms with van der Waals surface area (Å²) >= 11 is 0. The minimum absolute atomic E-state index is 0.0146. The summed E-state index contributed by atoms with van der Waals surface area (Å²) in [5.41, 5.74) is 0.323. The molecular formula is C10H11NO4S. The Morgan fingerprint density at radius 1 is 1.38 bits per heavy atom. The van der Waals surface area contributed by atoms with E-state index < -0.39 is 9.84 Å². The van der Waals surface area contributed by atoms with Gasteiger partial charge in [0.25, 0.3) is 0 Å². The summed E-state index contributed by atoms with van der Waals surface area (Å²) in [4.78, 5) is 11.4. The fourth-order valence-electron chi connectivity index (χ4n) is 1.54. The summed E-state index contributed by atoms with van der Waals surface area (Å²) in [5, 5.41) is 2.56. The van der Waals surface area contributed by atoms with Crippen molar-refractivity contribution >= 4 is 21.4 Å². The lowest BCUT2D eigenvalue weighted by Crippen LogP contribution is -2.10. The predicted octanol–water partition coefficient (Wildman–Crippen LogP) is 0.811. The average molecular weight is 241 g/mol. The highest BCUT2D eigenvalue weighted by Crippen LogP contribution is 2.29. The first-order chi connectivity index (χ1) is 7.53. The van der Waals surface area contributed by atoms with Gasteiger partial charge < -0.3 is 10.1 Å². The highest BCUT2D eigenvalue weighted by molar-refractivity contribution is 7.91. The molecule has 0 fully saturated rings. The van der Waals surface area contributed by atoms with Gasteiger partial charge in [-0.2, -0.15) is 0 Å². The lowest BCUT2D eigenvalue weighted by Gasteiger charge is -2.08. The molecule has 5 nitrogen and oxygen atoms in total. The van der Waals surface area contributed by atoms with E-state index in [1.54, 1.807) is 6.07 Å². The monoisotopic (exact) mass is 241 g/mol. The van der Waals surface area contributed by atoms with Crippen molar-refractivity contribution in [2.75, 3.05) is 18.2 Å². The van der Waals surface area contributed by atoms with Gasteiger partial charge in [-0.1, -0.05) is 0 Å². The van der Waals surface area contributed by atoms with E-state index in [9.17, 15) is 13.2 Å². The number of sulfone groups is 1. The van der Waals surface area contributed by atoms with E-state index in [4.69, 9.17) is 4.74 Å². The number of benzene rings is 1. The molecule has 0 radical (unpaired) electrons. The van der Waals surface area contributed by atoms with E-state index in [0.29, 0.717) is 11.4 Å². The van der Waals surface area contributed by atoms with Crippen molar-refractivity contribution < 1.29 is 17.9 Å². The van der Waals surface area contributed by atoms with Crippen LogP contribution in [0.4, 0.5) is 5.69 Å². The predicted molar refractivity (Wildman–Crippen MR) is 58.3 cm³/mol. The number of fused-ring (bicyclic) bond motifs is 1. The van der Waals surface area contributed by atoms with Crippen LogP contribution < -0.4 is 10.1 Å². The van der Waals surface area contributed by atoms with E-state index in [-0.39, 0.29) is 23.0 Å². The SMILES string of the molecule is COc1ccc2c(c1)S(=O)(=O)CCC(=O)N2. The van der Waals surface area contributed by atoms with Gasteiger partial charge in [0.1, 0.15) is 5.75 Å². The van der Waals surface area contributed by atoms with Gasteiger partial charge >= 0.3 is 0 Å². The zero-order valence-electron chi connectivity index (χ0n) is 8.69. The number of rotatable bonds is 1. The van der Waals surface area contributed by atoms with E-state index >= 15 is 0 Å². The number of methoxy groups -OCH3 is 1. The standard InChI is InChI=1S/C10H11NO4S/c1-15-7-2-3-8-9(6-7)16(13,14)5-4-10(12)11-8/h2-3,6H,4-5H2,1H3,(H,11,12). The van der Waals surface area contributed by atoms with Crippen molar-refractivity contribution in [1.82, 2.24) is 0 Å². The van der Waals surface area contributed by atoms with Crippen molar-refractivity contribution in [3.63, 3.8) is 0 Å². The number of hydrogen-bond donors (Lipinski definition) is 1. The molecule has 0 spiro atoms.